The first-order chi connectivity index (χ1) is 16.8. The third kappa shape index (κ3) is 4.79. The molecular weight excluding hydrogens is 466 g/mol. The molecule has 3 heterocycles. The molecule has 0 unspecified atom stereocenters. The van der Waals surface area contributed by atoms with Crippen LogP contribution in [-0.2, 0) is 10.4 Å². The molecule has 0 aliphatic carbocycles. The first-order valence-electron chi connectivity index (χ1n) is 12.1. The molecule has 1 aliphatic rings. The Morgan fingerprint density at radius 1 is 1.19 bits per heavy atom. The van der Waals surface area contributed by atoms with E-state index in [1.807, 2.05) is 20.8 Å². The second-order valence-corrected chi connectivity index (χ2v) is 10.5. The van der Waals surface area contributed by atoms with Crippen LogP contribution in [0.4, 0.5) is 13.6 Å². The van der Waals surface area contributed by atoms with Crippen molar-refractivity contribution in [2.24, 2.45) is 0 Å². The second kappa shape index (κ2) is 9.19. The third-order valence-corrected chi connectivity index (χ3v) is 6.30. The Kier molecular flexibility index (Phi) is 6.53. The lowest BCUT2D eigenvalue weighted by Crippen LogP contribution is -2.59. The van der Waals surface area contributed by atoms with Crippen LogP contribution in [0.2, 0.25) is 0 Å². The number of halogens is 2. The standard InChI is InChI=1S/C27H32F2N4O3/c1-7-33(17(2)3)24(34)22-11-19(28)8-9-20(22)21-10-18(13-31-16-30-12-23(21)31)27(29)14-32(15-27)25(35)36-26(4,5)6/h8-13,16-17H,7,14-15H2,1-6H3. The summed E-state index contributed by atoms with van der Waals surface area (Å²) in [4.78, 5) is 32.9. The number of pyridine rings is 1. The maximum absolute atomic E-state index is 16.0. The van der Waals surface area contributed by atoms with Crippen LogP contribution in [-0.4, -0.2) is 62.5 Å². The summed E-state index contributed by atoms with van der Waals surface area (Å²) in [5.41, 5.74) is -0.256. The highest BCUT2D eigenvalue weighted by atomic mass is 19.1. The molecule has 3 aromatic rings. The monoisotopic (exact) mass is 498 g/mol. The van der Waals surface area contributed by atoms with Crippen LogP contribution in [0.25, 0.3) is 16.6 Å². The fourth-order valence-corrected chi connectivity index (χ4v) is 4.52. The average molecular weight is 499 g/mol. The molecular formula is C27H32F2N4O3. The van der Waals surface area contributed by atoms with Crippen LogP contribution in [0, 0.1) is 5.82 Å². The molecule has 2 aromatic heterocycles. The summed E-state index contributed by atoms with van der Waals surface area (Å²) < 4.78 is 37.4. The van der Waals surface area contributed by atoms with Crippen LogP contribution in [0.3, 0.4) is 0 Å². The smallest absolute Gasteiger partial charge is 0.410 e. The van der Waals surface area contributed by atoms with Gasteiger partial charge >= 0.3 is 6.09 Å². The molecule has 36 heavy (non-hydrogen) atoms. The van der Waals surface area contributed by atoms with Crippen LogP contribution >= 0.6 is 0 Å². The van der Waals surface area contributed by atoms with Crippen molar-refractivity contribution in [3.63, 3.8) is 0 Å². The lowest BCUT2D eigenvalue weighted by Gasteiger charge is -2.44. The van der Waals surface area contributed by atoms with Gasteiger partial charge in [-0.2, -0.15) is 0 Å². The topological polar surface area (TPSA) is 67.2 Å². The average Bonchev–Trinajstić information content (AvgIpc) is 3.24. The van der Waals surface area contributed by atoms with Gasteiger partial charge in [-0.25, -0.2) is 18.6 Å². The number of rotatable bonds is 5. The predicted octanol–water partition coefficient (Wildman–Crippen LogP) is 5.43. The normalized spacial score (nSPS) is 15.2. The van der Waals surface area contributed by atoms with Crippen molar-refractivity contribution in [3.05, 3.63) is 59.9 Å². The number of hydrogen-bond acceptors (Lipinski definition) is 4. The Morgan fingerprint density at radius 2 is 1.89 bits per heavy atom. The molecule has 4 rings (SSSR count). The van der Waals surface area contributed by atoms with E-state index in [0.29, 0.717) is 28.8 Å². The van der Waals surface area contributed by atoms with E-state index in [1.165, 1.54) is 17.0 Å². The number of likely N-dealkylation sites (tertiary alicyclic amines) is 1. The number of benzene rings is 1. The van der Waals surface area contributed by atoms with Gasteiger partial charge < -0.3 is 18.9 Å². The zero-order valence-corrected chi connectivity index (χ0v) is 21.5. The maximum Gasteiger partial charge on any atom is 0.410 e. The second-order valence-electron chi connectivity index (χ2n) is 10.5. The van der Waals surface area contributed by atoms with E-state index in [0.717, 1.165) is 0 Å². The molecule has 0 spiro atoms. The van der Waals surface area contributed by atoms with Crippen molar-refractivity contribution in [1.82, 2.24) is 19.2 Å². The highest BCUT2D eigenvalue weighted by Gasteiger charge is 2.49. The molecule has 1 saturated heterocycles. The molecule has 192 valence electrons. The van der Waals surface area contributed by atoms with Gasteiger partial charge in [0.25, 0.3) is 5.91 Å². The van der Waals surface area contributed by atoms with Gasteiger partial charge in [-0.05, 0) is 65.3 Å². The molecule has 0 atom stereocenters. The summed E-state index contributed by atoms with van der Waals surface area (Å²) in [6.45, 7) is 11.1. The zero-order valence-electron chi connectivity index (χ0n) is 21.5. The predicted molar refractivity (Wildman–Crippen MR) is 133 cm³/mol. The van der Waals surface area contributed by atoms with E-state index in [-0.39, 0.29) is 30.6 Å². The number of carbonyl (C=O) groups is 2. The number of imidazole rings is 1. The van der Waals surface area contributed by atoms with Gasteiger partial charge in [0, 0.05) is 29.9 Å². The first kappa shape index (κ1) is 25.6. The molecule has 0 radical (unpaired) electrons. The van der Waals surface area contributed by atoms with Crippen molar-refractivity contribution in [1.29, 1.82) is 0 Å². The summed E-state index contributed by atoms with van der Waals surface area (Å²) in [7, 11) is 0. The Bertz CT molecular complexity index is 1310. The summed E-state index contributed by atoms with van der Waals surface area (Å²) in [6.07, 6.45) is 4.23. The van der Waals surface area contributed by atoms with Crippen molar-refractivity contribution >= 4 is 17.5 Å². The van der Waals surface area contributed by atoms with Crippen molar-refractivity contribution < 1.29 is 23.1 Å². The van der Waals surface area contributed by atoms with Crippen molar-refractivity contribution in [3.8, 4) is 11.1 Å². The number of hydrogen-bond donors (Lipinski definition) is 0. The fourth-order valence-electron chi connectivity index (χ4n) is 4.52. The molecule has 7 nitrogen and oxygen atoms in total. The van der Waals surface area contributed by atoms with Gasteiger partial charge in [0.15, 0.2) is 5.67 Å². The van der Waals surface area contributed by atoms with Crippen LogP contribution in [0.5, 0.6) is 0 Å². The number of carbonyl (C=O) groups excluding carboxylic acids is 2. The SMILES string of the molecule is CCN(C(=O)c1cc(F)ccc1-c1cc(C2(F)CN(C(=O)OC(C)(C)C)C2)cn2cncc12)C(C)C. The molecule has 2 amide bonds. The minimum atomic E-state index is -1.80. The summed E-state index contributed by atoms with van der Waals surface area (Å²) in [5.74, 6) is -0.837. The fraction of sp³-hybridized carbons (Fsp3) is 0.444. The van der Waals surface area contributed by atoms with Crippen molar-refractivity contribution in [2.45, 2.75) is 58.9 Å². The maximum atomic E-state index is 16.0. The van der Waals surface area contributed by atoms with Gasteiger partial charge in [-0.3, -0.25) is 4.79 Å². The Hall–Kier alpha value is -3.49. The van der Waals surface area contributed by atoms with E-state index < -0.39 is 23.2 Å². The Morgan fingerprint density at radius 3 is 2.50 bits per heavy atom. The molecule has 0 saturated carbocycles. The van der Waals surface area contributed by atoms with E-state index in [9.17, 15) is 14.0 Å². The van der Waals surface area contributed by atoms with Gasteiger partial charge in [0.05, 0.1) is 36.7 Å². The molecule has 0 N–H and O–H groups in total. The Balaban J connectivity index is 1.76. The quantitative estimate of drug-likeness (QED) is 0.471. The van der Waals surface area contributed by atoms with Crippen LogP contribution < -0.4 is 0 Å². The van der Waals surface area contributed by atoms with Gasteiger partial charge in [0.1, 0.15) is 11.4 Å². The highest BCUT2D eigenvalue weighted by Crippen LogP contribution is 2.40. The van der Waals surface area contributed by atoms with Crippen molar-refractivity contribution in [2.75, 3.05) is 19.6 Å². The number of alkyl halides is 1. The Labute approximate surface area is 209 Å². The van der Waals surface area contributed by atoms with E-state index >= 15 is 4.39 Å². The number of aromatic nitrogens is 2. The third-order valence-electron chi connectivity index (χ3n) is 6.30. The lowest BCUT2D eigenvalue weighted by atomic mass is 9.87. The largest absolute Gasteiger partial charge is 0.444 e. The number of fused-ring (bicyclic) bond motifs is 1. The van der Waals surface area contributed by atoms with Gasteiger partial charge in [-0.15, -0.1) is 0 Å². The van der Waals surface area contributed by atoms with Gasteiger partial charge in [-0.1, -0.05) is 6.07 Å². The van der Waals surface area contributed by atoms with Crippen LogP contribution in [0.15, 0.2) is 43.0 Å². The van der Waals surface area contributed by atoms with E-state index in [1.54, 1.807) is 60.9 Å². The molecule has 1 aromatic carbocycles. The van der Waals surface area contributed by atoms with Crippen LogP contribution in [0.1, 0.15) is 57.5 Å². The molecule has 9 heteroatoms. The van der Waals surface area contributed by atoms with E-state index in [4.69, 9.17) is 4.74 Å². The summed E-state index contributed by atoms with van der Waals surface area (Å²) >= 11 is 0. The summed E-state index contributed by atoms with van der Waals surface area (Å²) in [5, 5.41) is 0. The molecule has 1 fully saturated rings. The zero-order chi connectivity index (χ0) is 26.4. The first-order valence-corrected chi connectivity index (χ1v) is 12.1. The van der Waals surface area contributed by atoms with E-state index in [2.05, 4.69) is 4.98 Å². The number of ether oxygens (including phenoxy) is 1. The summed E-state index contributed by atoms with van der Waals surface area (Å²) in [6, 6.07) is 5.64. The lowest BCUT2D eigenvalue weighted by molar-refractivity contribution is -0.0539. The number of nitrogens with zero attached hydrogens (tertiary/aromatic N) is 4. The molecule has 0 bridgehead atoms. The minimum absolute atomic E-state index is 0.0807. The minimum Gasteiger partial charge on any atom is -0.444 e. The van der Waals surface area contributed by atoms with Gasteiger partial charge in [0.2, 0.25) is 0 Å². The number of amides is 2. The highest BCUT2D eigenvalue weighted by molar-refractivity contribution is 6.03. The molecule has 1 aliphatic heterocycles.